The van der Waals surface area contributed by atoms with Gasteiger partial charge in [0.15, 0.2) is 5.69 Å². The largest absolute Gasteiger partial charge is 0.337 e. The van der Waals surface area contributed by atoms with Crippen LogP contribution in [0.1, 0.15) is 39.5 Å². The first-order chi connectivity index (χ1) is 13.6. The van der Waals surface area contributed by atoms with Crippen molar-refractivity contribution in [2.24, 2.45) is 7.05 Å². The number of benzene rings is 2. The van der Waals surface area contributed by atoms with Crippen LogP contribution in [0, 0.1) is 6.92 Å². The number of rotatable bonds is 2. The molecule has 0 aliphatic carbocycles. The van der Waals surface area contributed by atoms with Crippen LogP contribution < -0.4 is 0 Å². The molecule has 2 aliphatic heterocycles. The Hall–Kier alpha value is -2.53. The van der Waals surface area contributed by atoms with Crippen LogP contribution in [0.3, 0.4) is 0 Å². The molecule has 0 unspecified atom stereocenters. The maximum absolute atomic E-state index is 13.3. The highest BCUT2D eigenvalue weighted by Crippen LogP contribution is 2.43. The highest BCUT2D eigenvalue weighted by Gasteiger charge is 2.33. The molecule has 5 rings (SSSR count). The van der Waals surface area contributed by atoms with Gasteiger partial charge in [0.1, 0.15) is 0 Å². The van der Waals surface area contributed by atoms with Crippen LogP contribution in [-0.4, -0.2) is 33.7 Å². The van der Waals surface area contributed by atoms with Crippen LogP contribution in [-0.2, 0) is 12.8 Å². The Morgan fingerprint density at radius 2 is 2.00 bits per heavy atom. The third-order valence-corrected chi connectivity index (χ3v) is 6.96. The van der Waals surface area contributed by atoms with Gasteiger partial charge in [0.25, 0.3) is 5.91 Å². The number of hydrogen-bond donors (Lipinski definition) is 0. The molecule has 28 heavy (non-hydrogen) atoms. The predicted molar refractivity (Wildman–Crippen MR) is 113 cm³/mol. The molecule has 1 aromatic heterocycles. The van der Waals surface area contributed by atoms with Gasteiger partial charge in [0.2, 0.25) is 0 Å². The number of carbonyl (C=O) groups is 1. The third-order valence-electron chi connectivity index (χ3n) is 5.86. The van der Waals surface area contributed by atoms with E-state index < -0.39 is 0 Å². The summed E-state index contributed by atoms with van der Waals surface area (Å²) in [5.74, 6) is 1.30. The number of fused-ring (bicyclic) bond motifs is 3. The number of amides is 1. The molecule has 4 nitrogen and oxygen atoms in total. The molecule has 1 fully saturated rings. The molecule has 3 aromatic rings. The molecule has 2 aliphatic rings. The number of nitrogens with zero attached hydrogens (tertiary/aromatic N) is 3. The van der Waals surface area contributed by atoms with E-state index in [0.29, 0.717) is 11.6 Å². The fraction of sp³-hybridized carbons (Fsp3) is 0.304. The maximum Gasteiger partial charge on any atom is 0.274 e. The zero-order valence-corrected chi connectivity index (χ0v) is 17.0. The average Bonchev–Trinajstić information content (AvgIpc) is 3.33. The Labute approximate surface area is 169 Å². The zero-order chi connectivity index (χ0) is 19.3. The summed E-state index contributed by atoms with van der Waals surface area (Å²) in [5, 5.41) is 4.68. The smallest absolute Gasteiger partial charge is 0.274 e. The lowest BCUT2D eigenvalue weighted by atomic mass is 9.99. The van der Waals surface area contributed by atoms with Gasteiger partial charge in [-0.1, -0.05) is 42.0 Å². The Morgan fingerprint density at radius 1 is 1.18 bits per heavy atom. The molecule has 3 heterocycles. The molecule has 142 valence electrons. The summed E-state index contributed by atoms with van der Waals surface area (Å²) in [5.41, 5.74) is 6.56. The fourth-order valence-corrected chi connectivity index (χ4v) is 5.46. The van der Waals surface area contributed by atoms with Gasteiger partial charge in [0.05, 0.1) is 5.69 Å². The van der Waals surface area contributed by atoms with Gasteiger partial charge in [-0.15, -0.1) is 11.8 Å². The van der Waals surface area contributed by atoms with Gasteiger partial charge >= 0.3 is 0 Å². The van der Waals surface area contributed by atoms with Crippen molar-refractivity contribution in [3.05, 3.63) is 70.9 Å². The molecule has 0 saturated carbocycles. The Bertz CT molecular complexity index is 1060. The van der Waals surface area contributed by atoms with Crippen molar-refractivity contribution in [1.82, 2.24) is 14.7 Å². The van der Waals surface area contributed by atoms with Crippen LogP contribution in [0.25, 0.3) is 11.3 Å². The SMILES string of the molecule is Cc1ccc2c(c1)-c1c(c(C(=O)N3CC[C@@H](c4ccccc4)C3)nn1C)CS2. The molecule has 0 N–H and O–H groups in total. The minimum Gasteiger partial charge on any atom is -0.337 e. The maximum atomic E-state index is 13.3. The molecule has 1 amide bonds. The topological polar surface area (TPSA) is 38.1 Å². The third kappa shape index (κ3) is 2.85. The number of likely N-dealkylation sites (tertiary alicyclic amines) is 1. The summed E-state index contributed by atoms with van der Waals surface area (Å²) < 4.78 is 1.89. The first-order valence-electron chi connectivity index (χ1n) is 9.75. The van der Waals surface area contributed by atoms with E-state index in [1.54, 1.807) is 11.8 Å². The first-order valence-corrected chi connectivity index (χ1v) is 10.7. The quantitative estimate of drug-likeness (QED) is 0.641. The second kappa shape index (κ2) is 6.82. The summed E-state index contributed by atoms with van der Waals surface area (Å²) in [7, 11) is 1.95. The van der Waals surface area contributed by atoms with Crippen LogP contribution in [0.2, 0.25) is 0 Å². The standard InChI is InChI=1S/C23H23N3OS/c1-15-8-9-20-18(12-15)22-19(14-28-20)21(24-25(22)2)23(27)26-11-10-17(13-26)16-6-4-3-5-7-16/h3-9,12,17H,10-11,13-14H2,1-2H3/t17-/m1/s1. The molecular formula is C23H23N3OS. The lowest BCUT2D eigenvalue weighted by molar-refractivity contribution is 0.0783. The van der Waals surface area contributed by atoms with E-state index in [4.69, 9.17) is 0 Å². The Balaban J connectivity index is 1.46. The van der Waals surface area contributed by atoms with Gasteiger partial charge in [0, 0.05) is 47.8 Å². The van der Waals surface area contributed by atoms with E-state index in [2.05, 4.69) is 54.5 Å². The van der Waals surface area contributed by atoms with E-state index in [1.807, 2.05) is 22.7 Å². The van der Waals surface area contributed by atoms with Gasteiger partial charge in [-0.2, -0.15) is 5.10 Å². The van der Waals surface area contributed by atoms with Crippen molar-refractivity contribution in [3.63, 3.8) is 0 Å². The van der Waals surface area contributed by atoms with E-state index in [0.717, 1.165) is 36.5 Å². The van der Waals surface area contributed by atoms with Crippen LogP contribution in [0.5, 0.6) is 0 Å². The van der Waals surface area contributed by atoms with Gasteiger partial charge < -0.3 is 4.90 Å². The Kier molecular flexibility index (Phi) is 4.27. The number of aryl methyl sites for hydroxylation is 2. The van der Waals surface area contributed by atoms with Crippen molar-refractivity contribution in [2.45, 2.75) is 29.9 Å². The number of carbonyl (C=O) groups excluding carboxylic acids is 1. The molecule has 0 spiro atoms. The second-order valence-electron chi connectivity index (χ2n) is 7.74. The van der Waals surface area contributed by atoms with Crippen molar-refractivity contribution >= 4 is 17.7 Å². The molecular weight excluding hydrogens is 366 g/mol. The van der Waals surface area contributed by atoms with Gasteiger partial charge in [-0.3, -0.25) is 9.48 Å². The molecule has 0 radical (unpaired) electrons. The highest BCUT2D eigenvalue weighted by molar-refractivity contribution is 7.98. The Morgan fingerprint density at radius 3 is 2.82 bits per heavy atom. The van der Waals surface area contributed by atoms with Crippen LogP contribution in [0.15, 0.2) is 53.4 Å². The average molecular weight is 390 g/mol. The summed E-state index contributed by atoms with van der Waals surface area (Å²) in [4.78, 5) is 16.6. The lowest BCUT2D eigenvalue weighted by Crippen LogP contribution is -2.29. The fourth-order valence-electron chi connectivity index (χ4n) is 4.41. The van der Waals surface area contributed by atoms with Gasteiger partial charge in [-0.25, -0.2) is 0 Å². The summed E-state index contributed by atoms with van der Waals surface area (Å²) in [6.45, 7) is 3.68. The zero-order valence-electron chi connectivity index (χ0n) is 16.2. The minimum atomic E-state index is 0.0759. The predicted octanol–water partition coefficient (Wildman–Crippen LogP) is 4.63. The molecule has 2 aromatic carbocycles. The van der Waals surface area contributed by atoms with E-state index in [1.165, 1.54) is 21.6 Å². The second-order valence-corrected chi connectivity index (χ2v) is 8.75. The van der Waals surface area contributed by atoms with E-state index in [9.17, 15) is 4.79 Å². The summed E-state index contributed by atoms with van der Waals surface area (Å²) in [6, 6.07) is 17.0. The normalized spacial score (nSPS) is 18.1. The first kappa shape index (κ1) is 17.6. The summed E-state index contributed by atoms with van der Waals surface area (Å²) in [6.07, 6.45) is 1.02. The van der Waals surface area contributed by atoms with Crippen molar-refractivity contribution in [2.75, 3.05) is 13.1 Å². The summed E-state index contributed by atoms with van der Waals surface area (Å²) >= 11 is 1.80. The highest BCUT2D eigenvalue weighted by atomic mass is 32.2. The number of thioether (sulfide) groups is 1. The minimum absolute atomic E-state index is 0.0759. The van der Waals surface area contributed by atoms with Gasteiger partial charge in [-0.05, 0) is 31.0 Å². The molecule has 1 saturated heterocycles. The molecule has 0 bridgehead atoms. The van der Waals surface area contributed by atoms with Crippen molar-refractivity contribution in [3.8, 4) is 11.3 Å². The molecule has 5 heteroatoms. The number of hydrogen-bond acceptors (Lipinski definition) is 3. The molecule has 1 atom stereocenters. The van der Waals surface area contributed by atoms with Crippen molar-refractivity contribution in [1.29, 1.82) is 0 Å². The van der Waals surface area contributed by atoms with Crippen LogP contribution >= 0.6 is 11.8 Å². The van der Waals surface area contributed by atoms with Crippen LogP contribution in [0.4, 0.5) is 0 Å². The van der Waals surface area contributed by atoms with Crippen molar-refractivity contribution < 1.29 is 4.79 Å². The lowest BCUT2D eigenvalue weighted by Gasteiger charge is -2.19. The van der Waals surface area contributed by atoms with E-state index >= 15 is 0 Å². The van der Waals surface area contributed by atoms with E-state index in [-0.39, 0.29) is 5.91 Å². The monoisotopic (exact) mass is 389 g/mol. The number of aromatic nitrogens is 2.